The highest BCUT2D eigenvalue weighted by atomic mass is 79.9. The molecule has 1 aromatic rings. The summed E-state index contributed by atoms with van der Waals surface area (Å²) in [5.74, 6) is -0.368. The number of nitrogens with zero attached hydrogens (tertiary/aromatic N) is 1. The zero-order valence-electron chi connectivity index (χ0n) is 11.7. The van der Waals surface area contributed by atoms with Crippen molar-refractivity contribution in [1.82, 2.24) is 10.2 Å². The molecule has 0 saturated heterocycles. The number of benzene rings is 1. The molecule has 0 radical (unpaired) electrons. The molecule has 106 valence electrons. The molecular formula is C14H20BrFN2O. The Balaban J connectivity index is 2.84. The molecule has 0 aromatic heterocycles. The molecule has 0 aliphatic carbocycles. The van der Waals surface area contributed by atoms with E-state index in [2.05, 4.69) is 35.1 Å². The van der Waals surface area contributed by atoms with E-state index < -0.39 is 5.82 Å². The number of rotatable bonds is 5. The maximum atomic E-state index is 13.2. The number of carbonyl (C=O) groups excluding carboxylic acids is 1. The lowest BCUT2D eigenvalue weighted by Gasteiger charge is -2.25. The van der Waals surface area contributed by atoms with Gasteiger partial charge in [0.2, 0.25) is 0 Å². The van der Waals surface area contributed by atoms with E-state index in [9.17, 15) is 9.18 Å². The highest BCUT2D eigenvalue weighted by Crippen LogP contribution is 2.18. The van der Waals surface area contributed by atoms with Crippen molar-refractivity contribution in [1.29, 1.82) is 0 Å². The zero-order chi connectivity index (χ0) is 14.6. The number of halogens is 2. The van der Waals surface area contributed by atoms with E-state index in [0.717, 1.165) is 6.54 Å². The van der Waals surface area contributed by atoms with Crippen LogP contribution in [0.2, 0.25) is 0 Å². The maximum Gasteiger partial charge on any atom is 0.252 e. The summed E-state index contributed by atoms with van der Waals surface area (Å²) in [7, 11) is 3.92. The van der Waals surface area contributed by atoms with Gasteiger partial charge in [0.1, 0.15) is 5.82 Å². The van der Waals surface area contributed by atoms with Crippen LogP contribution in [0.4, 0.5) is 4.39 Å². The Morgan fingerprint density at radius 2 is 2.05 bits per heavy atom. The van der Waals surface area contributed by atoms with Crippen LogP contribution in [-0.4, -0.2) is 37.5 Å². The smallest absolute Gasteiger partial charge is 0.252 e. The van der Waals surface area contributed by atoms with Crippen LogP contribution in [0.15, 0.2) is 22.7 Å². The van der Waals surface area contributed by atoms with E-state index in [4.69, 9.17) is 0 Å². The molecule has 0 aliphatic rings. The molecule has 0 fully saturated rings. The number of carbonyl (C=O) groups is 1. The number of hydrogen-bond acceptors (Lipinski definition) is 2. The molecular weight excluding hydrogens is 311 g/mol. The highest BCUT2D eigenvalue weighted by molar-refractivity contribution is 9.10. The van der Waals surface area contributed by atoms with Crippen molar-refractivity contribution in [3.8, 4) is 0 Å². The average Bonchev–Trinajstić information content (AvgIpc) is 2.30. The average molecular weight is 331 g/mol. The molecule has 1 aromatic carbocycles. The van der Waals surface area contributed by atoms with E-state index in [1.807, 2.05) is 19.0 Å². The molecule has 0 aliphatic heterocycles. The van der Waals surface area contributed by atoms with Gasteiger partial charge in [-0.3, -0.25) is 4.79 Å². The number of hydrogen-bond donors (Lipinski definition) is 1. The molecule has 0 bridgehead atoms. The second-order valence-electron chi connectivity index (χ2n) is 5.21. The van der Waals surface area contributed by atoms with Crippen LogP contribution in [0.3, 0.4) is 0 Å². The second-order valence-corrected chi connectivity index (χ2v) is 6.06. The largest absolute Gasteiger partial charge is 0.348 e. The van der Waals surface area contributed by atoms with Gasteiger partial charge in [-0.05, 0) is 54.1 Å². The van der Waals surface area contributed by atoms with Gasteiger partial charge < -0.3 is 10.2 Å². The lowest BCUT2D eigenvalue weighted by Crippen LogP contribution is -2.45. The summed E-state index contributed by atoms with van der Waals surface area (Å²) in [5.41, 5.74) is 0.324. The number of likely N-dealkylation sites (N-methyl/N-ethyl adjacent to an activating group) is 1. The normalized spacial score (nSPS) is 12.8. The summed E-state index contributed by atoms with van der Waals surface area (Å²) in [6, 6.07) is 4.13. The Morgan fingerprint density at radius 3 is 2.58 bits per heavy atom. The molecule has 0 saturated carbocycles. The van der Waals surface area contributed by atoms with Crippen LogP contribution >= 0.6 is 15.9 Å². The zero-order valence-corrected chi connectivity index (χ0v) is 13.3. The first-order chi connectivity index (χ1) is 8.81. The number of amides is 1. The second kappa shape index (κ2) is 7.01. The van der Waals surface area contributed by atoms with Crippen molar-refractivity contribution in [3.63, 3.8) is 0 Å². The highest BCUT2D eigenvalue weighted by Gasteiger charge is 2.19. The Kier molecular flexibility index (Phi) is 5.94. The van der Waals surface area contributed by atoms with Gasteiger partial charge in [0.25, 0.3) is 5.91 Å². The van der Waals surface area contributed by atoms with Crippen LogP contribution in [0.5, 0.6) is 0 Å². The van der Waals surface area contributed by atoms with Gasteiger partial charge in [0.05, 0.1) is 5.56 Å². The van der Waals surface area contributed by atoms with Gasteiger partial charge in [0, 0.05) is 17.1 Å². The quantitative estimate of drug-likeness (QED) is 0.900. The van der Waals surface area contributed by atoms with Gasteiger partial charge in [-0.15, -0.1) is 0 Å². The van der Waals surface area contributed by atoms with Gasteiger partial charge in [-0.25, -0.2) is 4.39 Å². The monoisotopic (exact) mass is 330 g/mol. The maximum absolute atomic E-state index is 13.2. The summed E-state index contributed by atoms with van der Waals surface area (Å²) in [5, 5.41) is 2.95. The summed E-state index contributed by atoms with van der Waals surface area (Å²) in [6.45, 7) is 4.85. The minimum absolute atomic E-state index is 0.0256. The van der Waals surface area contributed by atoms with Crippen molar-refractivity contribution >= 4 is 21.8 Å². The standard InChI is InChI=1S/C14H20BrFN2O/c1-9(2)13(8-18(3)4)17-14(19)11-7-10(16)5-6-12(11)15/h5-7,9,13H,8H2,1-4H3,(H,17,19). The topological polar surface area (TPSA) is 32.3 Å². The van der Waals surface area contributed by atoms with Crippen molar-refractivity contribution in [2.45, 2.75) is 19.9 Å². The van der Waals surface area contributed by atoms with Gasteiger partial charge in [-0.1, -0.05) is 13.8 Å². The van der Waals surface area contributed by atoms with Crippen molar-refractivity contribution in [3.05, 3.63) is 34.1 Å². The molecule has 19 heavy (non-hydrogen) atoms. The van der Waals surface area contributed by atoms with Crippen molar-refractivity contribution in [2.75, 3.05) is 20.6 Å². The Hall–Kier alpha value is -0.940. The van der Waals surface area contributed by atoms with Crippen LogP contribution in [0.1, 0.15) is 24.2 Å². The van der Waals surface area contributed by atoms with Gasteiger partial charge in [0.15, 0.2) is 0 Å². The Morgan fingerprint density at radius 1 is 1.42 bits per heavy atom. The van der Waals surface area contributed by atoms with E-state index in [0.29, 0.717) is 16.0 Å². The minimum atomic E-state index is -0.415. The van der Waals surface area contributed by atoms with Crippen LogP contribution in [0.25, 0.3) is 0 Å². The molecule has 3 nitrogen and oxygen atoms in total. The molecule has 5 heteroatoms. The third-order valence-electron chi connectivity index (χ3n) is 2.86. The Labute approximate surface area is 122 Å². The summed E-state index contributed by atoms with van der Waals surface area (Å²) in [4.78, 5) is 14.2. The van der Waals surface area contributed by atoms with Gasteiger partial charge in [-0.2, -0.15) is 0 Å². The van der Waals surface area contributed by atoms with E-state index in [1.165, 1.54) is 12.1 Å². The third-order valence-corrected chi connectivity index (χ3v) is 3.55. The predicted octanol–water partition coefficient (Wildman–Crippen LogP) is 2.90. The molecule has 0 heterocycles. The Bertz CT molecular complexity index is 449. The first kappa shape index (κ1) is 16.1. The fourth-order valence-electron chi connectivity index (χ4n) is 1.73. The molecule has 1 unspecified atom stereocenters. The van der Waals surface area contributed by atoms with Crippen molar-refractivity contribution in [2.24, 2.45) is 5.92 Å². The van der Waals surface area contributed by atoms with Crippen LogP contribution < -0.4 is 5.32 Å². The van der Waals surface area contributed by atoms with Gasteiger partial charge >= 0.3 is 0 Å². The lowest BCUT2D eigenvalue weighted by atomic mass is 10.0. The van der Waals surface area contributed by atoms with E-state index in [-0.39, 0.29) is 11.9 Å². The predicted molar refractivity (Wildman–Crippen MR) is 78.7 cm³/mol. The lowest BCUT2D eigenvalue weighted by molar-refractivity contribution is 0.0915. The van der Waals surface area contributed by atoms with Crippen LogP contribution in [-0.2, 0) is 0 Å². The molecule has 1 amide bonds. The fourth-order valence-corrected chi connectivity index (χ4v) is 2.16. The fraction of sp³-hybridized carbons (Fsp3) is 0.500. The summed E-state index contributed by atoms with van der Waals surface area (Å²) >= 11 is 3.27. The van der Waals surface area contributed by atoms with E-state index in [1.54, 1.807) is 6.07 Å². The molecule has 1 N–H and O–H groups in total. The SMILES string of the molecule is CC(C)C(CN(C)C)NC(=O)c1cc(F)ccc1Br. The minimum Gasteiger partial charge on any atom is -0.348 e. The van der Waals surface area contributed by atoms with Crippen LogP contribution in [0, 0.1) is 11.7 Å². The molecule has 0 spiro atoms. The first-order valence-corrected chi connectivity index (χ1v) is 7.01. The van der Waals surface area contributed by atoms with Crippen molar-refractivity contribution < 1.29 is 9.18 Å². The molecule has 1 atom stereocenters. The first-order valence-electron chi connectivity index (χ1n) is 6.22. The number of nitrogens with one attached hydrogen (secondary N) is 1. The summed E-state index contributed by atoms with van der Waals surface area (Å²) < 4.78 is 13.8. The summed E-state index contributed by atoms with van der Waals surface area (Å²) in [6.07, 6.45) is 0. The third kappa shape index (κ3) is 4.91. The van der Waals surface area contributed by atoms with E-state index >= 15 is 0 Å². The molecule has 1 rings (SSSR count).